The van der Waals surface area contributed by atoms with E-state index in [-0.39, 0.29) is 0 Å². The van der Waals surface area contributed by atoms with Gasteiger partial charge >= 0.3 is 0 Å². The Morgan fingerprint density at radius 2 is 2.17 bits per heavy atom. The molecule has 1 rings (SSSR count). The maximum absolute atomic E-state index is 5.32. The highest BCUT2D eigenvalue weighted by molar-refractivity contribution is 7.07. The lowest BCUT2D eigenvalue weighted by Crippen LogP contribution is -2.43. The second-order valence-corrected chi connectivity index (χ2v) is 5.99. The van der Waals surface area contributed by atoms with Gasteiger partial charge in [0.05, 0.1) is 6.61 Å². The summed E-state index contributed by atoms with van der Waals surface area (Å²) >= 11 is 1.75. The second kappa shape index (κ2) is 8.64. The molecule has 0 bridgehead atoms. The molecule has 104 valence electrons. The Morgan fingerprint density at radius 3 is 2.72 bits per heavy atom. The van der Waals surface area contributed by atoms with Gasteiger partial charge in [-0.2, -0.15) is 11.3 Å². The van der Waals surface area contributed by atoms with Gasteiger partial charge in [0.25, 0.3) is 0 Å². The summed E-state index contributed by atoms with van der Waals surface area (Å²) in [4.78, 5) is 2.36. The first kappa shape index (κ1) is 15.6. The van der Waals surface area contributed by atoms with Gasteiger partial charge in [-0.25, -0.2) is 0 Å². The number of hydrogen-bond acceptors (Lipinski definition) is 4. The van der Waals surface area contributed by atoms with Gasteiger partial charge in [0.2, 0.25) is 0 Å². The maximum atomic E-state index is 5.32. The molecule has 0 amide bonds. The van der Waals surface area contributed by atoms with Gasteiger partial charge in [0, 0.05) is 26.2 Å². The van der Waals surface area contributed by atoms with Crippen LogP contribution in [0, 0.1) is 5.92 Å². The van der Waals surface area contributed by atoms with E-state index >= 15 is 0 Å². The molecule has 1 aromatic heterocycles. The van der Waals surface area contributed by atoms with Crippen molar-refractivity contribution in [2.24, 2.45) is 5.92 Å². The van der Waals surface area contributed by atoms with Gasteiger partial charge in [-0.3, -0.25) is 4.90 Å². The predicted molar refractivity (Wildman–Crippen MR) is 79.2 cm³/mol. The van der Waals surface area contributed by atoms with Gasteiger partial charge in [0.1, 0.15) is 0 Å². The van der Waals surface area contributed by atoms with Crippen LogP contribution in [-0.2, 0) is 11.3 Å². The molecule has 0 spiro atoms. The molecule has 18 heavy (non-hydrogen) atoms. The SMILES string of the molecule is COCC(CNCC(C)C)N(C)Cc1ccsc1. The molecule has 0 aliphatic heterocycles. The number of likely N-dealkylation sites (N-methyl/N-ethyl adjacent to an activating group) is 1. The van der Waals surface area contributed by atoms with Crippen LogP contribution in [0.25, 0.3) is 0 Å². The number of rotatable bonds is 9. The van der Waals surface area contributed by atoms with Crippen molar-refractivity contribution >= 4 is 11.3 Å². The van der Waals surface area contributed by atoms with E-state index in [4.69, 9.17) is 4.74 Å². The summed E-state index contributed by atoms with van der Waals surface area (Å²) in [6, 6.07) is 2.61. The fraction of sp³-hybridized carbons (Fsp3) is 0.714. The third-order valence-electron chi connectivity index (χ3n) is 2.93. The fourth-order valence-electron chi connectivity index (χ4n) is 1.87. The topological polar surface area (TPSA) is 24.5 Å². The first-order valence-corrected chi connectivity index (χ1v) is 7.48. The molecule has 1 aromatic rings. The number of nitrogens with zero attached hydrogens (tertiary/aromatic N) is 1. The van der Waals surface area contributed by atoms with E-state index in [0.29, 0.717) is 12.0 Å². The van der Waals surface area contributed by atoms with E-state index in [9.17, 15) is 0 Å². The quantitative estimate of drug-likeness (QED) is 0.746. The van der Waals surface area contributed by atoms with Crippen molar-refractivity contribution in [3.05, 3.63) is 22.4 Å². The number of ether oxygens (including phenoxy) is 1. The van der Waals surface area contributed by atoms with Crippen LogP contribution in [0.3, 0.4) is 0 Å². The summed E-state index contributed by atoms with van der Waals surface area (Å²) in [5.74, 6) is 0.690. The summed E-state index contributed by atoms with van der Waals surface area (Å²) in [7, 11) is 3.94. The molecule has 0 saturated heterocycles. The minimum Gasteiger partial charge on any atom is -0.383 e. The Kier molecular flexibility index (Phi) is 7.51. The van der Waals surface area contributed by atoms with Crippen LogP contribution in [0.1, 0.15) is 19.4 Å². The van der Waals surface area contributed by atoms with Gasteiger partial charge in [-0.1, -0.05) is 13.8 Å². The van der Waals surface area contributed by atoms with E-state index in [1.807, 2.05) is 0 Å². The van der Waals surface area contributed by atoms with Crippen LogP contribution in [0.2, 0.25) is 0 Å². The molecule has 1 N–H and O–H groups in total. The van der Waals surface area contributed by atoms with Crippen LogP contribution < -0.4 is 5.32 Å². The monoisotopic (exact) mass is 270 g/mol. The molecule has 1 atom stereocenters. The first-order valence-electron chi connectivity index (χ1n) is 6.54. The Hall–Kier alpha value is -0.420. The molecule has 0 aliphatic carbocycles. The smallest absolute Gasteiger partial charge is 0.0630 e. The summed E-state index contributed by atoms with van der Waals surface area (Å²) < 4.78 is 5.32. The van der Waals surface area contributed by atoms with E-state index < -0.39 is 0 Å². The van der Waals surface area contributed by atoms with Crippen molar-refractivity contribution in [3.63, 3.8) is 0 Å². The normalized spacial score (nSPS) is 13.4. The minimum absolute atomic E-state index is 0.425. The highest BCUT2D eigenvalue weighted by Crippen LogP contribution is 2.10. The first-order chi connectivity index (χ1) is 8.63. The van der Waals surface area contributed by atoms with Crippen LogP contribution >= 0.6 is 11.3 Å². The Morgan fingerprint density at radius 1 is 1.39 bits per heavy atom. The zero-order valence-corrected chi connectivity index (χ0v) is 12.8. The summed E-state index contributed by atoms with van der Waals surface area (Å²) in [5, 5.41) is 7.85. The third-order valence-corrected chi connectivity index (χ3v) is 3.66. The van der Waals surface area contributed by atoms with Crippen LogP contribution in [0.4, 0.5) is 0 Å². The van der Waals surface area contributed by atoms with Gasteiger partial charge < -0.3 is 10.1 Å². The molecule has 0 aliphatic rings. The van der Waals surface area contributed by atoms with E-state index in [2.05, 4.69) is 47.9 Å². The zero-order chi connectivity index (χ0) is 13.4. The molecule has 0 radical (unpaired) electrons. The Balaban J connectivity index is 2.39. The van der Waals surface area contributed by atoms with Crippen molar-refractivity contribution in [1.82, 2.24) is 10.2 Å². The van der Waals surface area contributed by atoms with Gasteiger partial charge in [-0.15, -0.1) is 0 Å². The van der Waals surface area contributed by atoms with Crippen LogP contribution in [0.15, 0.2) is 16.8 Å². The summed E-state index contributed by atoms with van der Waals surface area (Å²) in [6.45, 7) is 8.26. The molecule has 1 heterocycles. The molecule has 4 heteroatoms. The highest BCUT2D eigenvalue weighted by atomic mass is 32.1. The fourth-order valence-corrected chi connectivity index (χ4v) is 2.53. The van der Waals surface area contributed by atoms with Crippen molar-refractivity contribution in [1.29, 1.82) is 0 Å². The van der Waals surface area contributed by atoms with Crippen molar-refractivity contribution in [2.75, 3.05) is 33.9 Å². The van der Waals surface area contributed by atoms with Crippen LogP contribution in [0.5, 0.6) is 0 Å². The van der Waals surface area contributed by atoms with Gasteiger partial charge in [0.15, 0.2) is 0 Å². The van der Waals surface area contributed by atoms with Gasteiger partial charge in [-0.05, 0) is 41.9 Å². The number of methoxy groups -OCH3 is 1. The Bertz CT molecular complexity index is 301. The minimum atomic E-state index is 0.425. The average molecular weight is 270 g/mol. The lowest BCUT2D eigenvalue weighted by molar-refractivity contribution is 0.101. The zero-order valence-electron chi connectivity index (χ0n) is 12.0. The van der Waals surface area contributed by atoms with E-state index in [1.165, 1.54) is 5.56 Å². The van der Waals surface area contributed by atoms with E-state index in [0.717, 1.165) is 26.2 Å². The average Bonchev–Trinajstić information content (AvgIpc) is 2.80. The third kappa shape index (κ3) is 5.96. The van der Waals surface area contributed by atoms with Crippen molar-refractivity contribution < 1.29 is 4.74 Å². The molecular formula is C14H26N2OS. The highest BCUT2D eigenvalue weighted by Gasteiger charge is 2.14. The molecular weight excluding hydrogens is 244 g/mol. The molecule has 0 fully saturated rings. The number of nitrogens with one attached hydrogen (secondary N) is 1. The van der Waals surface area contributed by atoms with Crippen molar-refractivity contribution in [2.45, 2.75) is 26.4 Å². The summed E-state index contributed by atoms with van der Waals surface area (Å²) in [5.41, 5.74) is 1.38. The molecule has 3 nitrogen and oxygen atoms in total. The standard InChI is InChI=1S/C14H26N2OS/c1-12(2)7-15-8-14(10-17-4)16(3)9-13-5-6-18-11-13/h5-6,11-12,14-15H,7-10H2,1-4H3. The summed E-state index contributed by atoms with van der Waals surface area (Å²) in [6.07, 6.45) is 0. The molecule has 0 saturated carbocycles. The lowest BCUT2D eigenvalue weighted by Gasteiger charge is -2.28. The predicted octanol–water partition coefficient (Wildman–Crippen LogP) is 2.44. The number of hydrogen-bond donors (Lipinski definition) is 1. The Labute approximate surface area is 115 Å². The molecule has 1 unspecified atom stereocenters. The lowest BCUT2D eigenvalue weighted by atomic mass is 10.2. The molecule has 0 aromatic carbocycles. The van der Waals surface area contributed by atoms with E-state index in [1.54, 1.807) is 18.4 Å². The van der Waals surface area contributed by atoms with Crippen LogP contribution in [-0.4, -0.2) is 44.8 Å². The second-order valence-electron chi connectivity index (χ2n) is 5.21. The largest absolute Gasteiger partial charge is 0.383 e. The number of thiophene rings is 1. The van der Waals surface area contributed by atoms with Crippen molar-refractivity contribution in [3.8, 4) is 0 Å². The maximum Gasteiger partial charge on any atom is 0.0630 e.